The Kier molecular flexibility index (Phi) is 6.97. The summed E-state index contributed by atoms with van der Waals surface area (Å²) in [5, 5.41) is 15.7. The standard InChI is InChI=1S/C20H26N2O2/c1-15(18-9-6-10-20(13-18)22-16(2)24)21-14-19(11-12-23)17-7-4-3-5-8-17/h3-10,13,15,19,21,23H,11-12,14H2,1-2H3,(H,22,24). The van der Waals surface area contributed by atoms with E-state index in [-0.39, 0.29) is 24.5 Å². The number of hydrogen-bond acceptors (Lipinski definition) is 3. The summed E-state index contributed by atoms with van der Waals surface area (Å²) in [4.78, 5) is 11.2. The topological polar surface area (TPSA) is 61.4 Å². The van der Waals surface area contributed by atoms with Crippen LogP contribution in [0.3, 0.4) is 0 Å². The molecule has 24 heavy (non-hydrogen) atoms. The van der Waals surface area contributed by atoms with Gasteiger partial charge >= 0.3 is 0 Å². The van der Waals surface area contributed by atoms with Gasteiger partial charge in [-0.2, -0.15) is 0 Å². The van der Waals surface area contributed by atoms with Crippen LogP contribution in [-0.4, -0.2) is 24.2 Å². The van der Waals surface area contributed by atoms with E-state index in [4.69, 9.17) is 0 Å². The van der Waals surface area contributed by atoms with Crippen LogP contribution >= 0.6 is 0 Å². The second kappa shape index (κ2) is 9.21. The third-order valence-electron chi connectivity index (χ3n) is 4.13. The molecule has 1 amide bonds. The lowest BCUT2D eigenvalue weighted by Gasteiger charge is -2.21. The van der Waals surface area contributed by atoms with Crippen LogP contribution in [-0.2, 0) is 4.79 Å². The first kappa shape index (κ1) is 18.2. The fourth-order valence-electron chi connectivity index (χ4n) is 2.79. The molecule has 0 radical (unpaired) electrons. The molecule has 0 aromatic heterocycles. The Morgan fingerprint density at radius 2 is 1.79 bits per heavy atom. The second-order valence-electron chi connectivity index (χ2n) is 6.06. The molecule has 2 atom stereocenters. The highest BCUT2D eigenvalue weighted by atomic mass is 16.3. The lowest BCUT2D eigenvalue weighted by molar-refractivity contribution is -0.114. The van der Waals surface area contributed by atoms with Crippen molar-refractivity contribution in [2.75, 3.05) is 18.5 Å². The molecule has 0 aliphatic rings. The van der Waals surface area contributed by atoms with Crippen molar-refractivity contribution in [3.8, 4) is 0 Å². The molecule has 2 aromatic rings. The normalized spacial score (nSPS) is 13.3. The van der Waals surface area contributed by atoms with E-state index in [1.165, 1.54) is 12.5 Å². The van der Waals surface area contributed by atoms with Crippen molar-refractivity contribution in [2.45, 2.75) is 32.2 Å². The van der Waals surface area contributed by atoms with Gasteiger partial charge in [-0.05, 0) is 42.5 Å². The minimum atomic E-state index is -0.0696. The number of aliphatic hydroxyl groups excluding tert-OH is 1. The van der Waals surface area contributed by atoms with Gasteiger partial charge in [0.05, 0.1) is 0 Å². The maximum atomic E-state index is 11.2. The quantitative estimate of drug-likeness (QED) is 0.696. The first-order valence-electron chi connectivity index (χ1n) is 8.37. The molecule has 0 saturated carbocycles. The number of amides is 1. The highest BCUT2D eigenvalue weighted by Crippen LogP contribution is 2.21. The van der Waals surface area contributed by atoms with Crippen LogP contribution < -0.4 is 10.6 Å². The van der Waals surface area contributed by atoms with Crippen molar-refractivity contribution in [1.82, 2.24) is 5.32 Å². The molecule has 0 saturated heterocycles. The van der Waals surface area contributed by atoms with Crippen LogP contribution in [0.15, 0.2) is 54.6 Å². The second-order valence-corrected chi connectivity index (χ2v) is 6.06. The van der Waals surface area contributed by atoms with Crippen LogP contribution in [0.1, 0.15) is 43.4 Å². The average molecular weight is 326 g/mol. The molecule has 3 N–H and O–H groups in total. The van der Waals surface area contributed by atoms with Gasteiger partial charge in [-0.1, -0.05) is 42.5 Å². The Labute approximate surface area is 143 Å². The number of hydrogen-bond donors (Lipinski definition) is 3. The third-order valence-corrected chi connectivity index (χ3v) is 4.13. The van der Waals surface area contributed by atoms with E-state index in [1.54, 1.807) is 0 Å². The molecule has 128 valence electrons. The van der Waals surface area contributed by atoms with Crippen molar-refractivity contribution in [1.29, 1.82) is 0 Å². The summed E-state index contributed by atoms with van der Waals surface area (Å²) in [5.41, 5.74) is 3.17. The zero-order valence-corrected chi connectivity index (χ0v) is 14.3. The maximum Gasteiger partial charge on any atom is 0.221 e. The average Bonchev–Trinajstić information content (AvgIpc) is 2.58. The van der Waals surface area contributed by atoms with Gasteiger partial charge in [0, 0.05) is 31.8 Å². The van der Waals surface area contributed by atoms with Gasteiger partial charge in [-0.15, -0.1) is 0 Å². The molecule has 0 spiro atoms. The molecular formula is C20H26N2O2. The fourth-order valence-corrected chi connectivity index (χ4v) is 2.79. The zero-order valence-electron chi connectivity index (χ0n) is 14.3. The predicted octanol–water partition coefficient (Wildman–Crippen LogP) is 3.46. The van der Waals surface area contributed by atoms with Crippen molar-refractivity contribution in [2.24, 2.45) is 0 Å². The largest absolute Gasteiger partial charge is 0.396 e. The molecule has 2 aromatic carbocycles. The molecule has 0 fully saturated rings. The number of carbonyl (C=O) groups is 1. The number of carbonyl (C=O) groups excluding carboxylic acids is 1. The van der Waals surface area contributed by atoms with Crippen LogP contribution in [0.25, 0.3) is 0 Å². The van der Waals surface area contributed by atoms with Gasteiger partial charge in [0.1, 0.15) is 0 Å². The summed E-state index contributed by atoms with van der Waals surface area (Å²) in [6.07, 6.45) is 0.732. The Bertz CT molecular complexity index is 643. The molecule has 4 heteroatoms. The first-order chi connectivity index (χ1) is 11.6. The molecule has 0 aliphatic heterocycles. The van der Waals surface area contributed by atoms with Crippen molar-refractivity contribution in [3.63, 3.8) is 0 Å². The lowest BCUT2D eigenvalue weighted by Crippen LogP contribution is -2.25. The number of aliphatic hydroxyl groups is 1. The number of anilines is 1. The monoisotopic (exact) mass is 326 g/mol. The van der Waals surface area contributed by atoms with Gasteiger partial charge in [0.15, 0.2) is 0 Å². The van der Waals surface area contributed by atoms with Crippen LogP contribution in [0, 0.1) is 0 Å². The van der Waals surface area contributed by atoms with E-state index in [2.05, 4.69) is 29.7 Å². The molecule has 0 heterocycles. The molecule has 2 rings (SSSR count). The van der Waals surface area contributed by atoms with E-state index >= 15 is 0 Å². The minimum Gasteiger partial charge on any atom is -0.396 e. The third kappa shape index (κ3) is 5.48. The number of benzene rings is 2. The summed E-state index contributed by atoms with van der Waals surface area (Å²) in [7, 11) is 0. The van der Waals surface area contributed by atoms with E-state index in [0.717, 1.165) is 24.2 Å². The van der Waals surface area contributed by atoms with Gasteiger partial charge in [0.25, 0.3) is 0 Å². The van der Waals surface area contributed by atoms with Crippen molar-refractivity contribution in [3.05, 3.63) is 65.7 Å². The summed E-state index contributed by atoms with van der Waals surface area (Å²) >= 11 is 0. The molecule has 2 unspecified atom stereocenters. The summed E-state index contributed by atoms with van der Waals surface area (Å²) in [6, 6.07) is 18.3. The zero-order chi connectivity index (χ0) is 17.4. The lowest BCUT2D eigenvalue weighted by atomic mass is 9.95. The molecule has 0 aliphatic carbocycles. The summed E-state index contributed by atoms with van der Waals surface area (Å²) < 4.78 is 0. The number of rotatable bonds is 8. The first-order valence-corrected chi connectivity index (χ1v) is 8.37. The van der Waals surface area contributed by atoms with Gasteiger partial charge in [-0.3, -0.25) is 4.79 Å². The van der Waals surface area contributed by atoms with Crippen LogP contribution in [0.5, 0.6) is 0 Å². The number of nitrogens with one attached hydrogen (secondary N) is 2. The Morgan fingerprint density at radius 3 is 2.46 bits per heavy atom. The van der Waals surface area contributed by atoms with Crippen molar-refractivity contribution < 1.29 is 9.90 Å². The smallest absolute Gasteiger partial charge is 0.221 e. The molecule has 4 nitrogen and oxygen atoms in total. The van der Waals surface area contributed by atoms with Gasteiger partial charge in [0.2, 0.25) is 5.91 Å². The minimum absolute atomic E-state index is 0.0696. The van der Waals surface area contributed by atoms with E-state index < -0.39 is 0 Å². The van der Waals surface area contributed by atoms with Gasteiger partial charge in [-0.25, -0.2) is 0 Å². The van der Waals surface area contributed by atoms with Crippen LogP contribution in [0.4, 0.5) is 5.69 Å². The Morgan fingerprint density at radius 1 is 1.08 bits per heavy atom. The SMILES string of the molecule is CC(=O)Nc1cccc(C(C)NCC(CCO)c2ccccc2)c1. The Hall–Kier alpha value is -2.17. The van der Waals surface area contributed by atoms with Crippen molar-refractivity contribution >= 4 is 11.6 Å². The van der Waals surface area contributed by atoms with Gasteiger partial charge < -0.3 is 15.7 Å². The Balaban J connectivity index is 2.00. The highest BCUT2D eigenvalue weighted by molar-refractivity contribution is 5.88. The fraction of sp³-hybridized carbons (Fsp3) is 0.350. The van der Waals surface area contributed by atoms with E-state index in [0.29, 0.717) is 0 Å². The summed E-state index contributed by atoms with van der Waals surface area (Å²) in [6.45, 7) is 4.57. The van der Waals surface area contributed by atoms with E-state index in [9.17, 15) is 9.90 Å². The highest BCUT2D eigenvalue weighted by Gasteiger charge is 2.13. The van der Waals surface area contributed by atoms with E-state index in [1.807, 2.05) is 42.5 Å². The summed E-state index contributed by atoms with van der Waals surface area (Å²) in [5.74, 6) is 0.206. The maximum absolute atomic E-state index is 11.2. The molecular weight excluding hydrogens is 300 g/mol. The van der Waals surface area contributed by atoms with Crippen LogP contribution in [0.2, 0.25) is 0 Å². The predicted molar refractivity (Wildman–Crippen MR) is 98.0 cm³/mol. The molecule has 0 bridgehead atoms.